The van der Waals surface area contributed by atoms with E-state index in [9.17, 15) is 9.59 Å². The molecule has 1 atom stereocenters. The van der Waals surface area contributed by atoms with E-state index in [-0.39, 0.29) is 18.8 Å². The standard InChI is InChI=1S/C36H26Br2Cl2N2O4S2/c1-3-45-35(44)30-31(21-7-5-4-6-8-21)41-36-42(32(30)22-10-13-25(47-2)14-11-22)34(43)29(48-36)17-20-15-26(37)33(27(38)16-20)46-19-23-9-12-24(39)18-28(23)40/h4-18,32H,3,19H2,1-2H3/b29-17-/t32-/m0/s1. The fraction of sp³-hybridized carbons (Fsp3) is 0.139. The molecule has 0 saturated carbocycles. The fourth-order valence-electron chi connectivity index (χ4n) is 5.28. The van der Waals surface area contributed by atoms with Gasteiger partial charge in [-0.05, 0) is 98.6 Å². The molecule has 0 amide bonds. The number of benzene rings is 4. The lowest BCUT2D eigenvalue weighted by Gasteiger charge is -2.26. The van der Waals surface area contributed by atoms with Crippen LogP contribution in [0.2, 0.25) is 10.0 Å². The van der Waals surface area contributed by atoms with Crippen molar-refractivity contribution in [3.63, 3.8) is 0 Å². The Morgan fingerprint density at radius 3 is 2.38 bits per heavy atom. The third-order valence-corrected chi connectivity index (χ3v) is 11.0. The van der Waals surface area contributed by atoms with E-state index < -0.39 is 12.0 Å². The summed E-state index contributed by atoms with van der Waals surface area (Å²) in [7, 11) is 0. The van der Waals surface area contributed by atoms with Gasteiger partial charge in [0.2, 0.25) is 0 Å². The number of hydrogen-bond acceptors (Lipinski definition) is 7. The molecule has 0 radical (unpaired) electrons. The van der Waals surface area contributed by atoms with Crippen LogP contribution < -0.4 is 19.6 Å². The minimum atomic E-state index is -0.748. The summed E-state index contributed by atoms with van der Waals surface area (Å²) in [4.78, 5) is 34.4. The summed E-state index contributed by atoms with van der Waals surface area (Å²) >= 11 is 22.5. The Balaban J connectivity index is 1.47. The van der Waals surface area contributed by atoms with Gasteiger partial charge in [-0.2, -0.15) is 0 Å². The molecule has 1 aliphatic rings. The number of hydrogen-bond donors (Lipinski definition) is 0. The second kappa shape index (κ2) is 15.2. The van der Waals surface area contributed by atoms with Crippen LogP contribution in [0.1, 0.15) is 35.2 Å². The molecule has 6 nitrogen and oxygen atoms in total. The summed E-state index contributed by atoms with van der Waals surface area (Å²) < 4.78 is 15.1. The first-order valence-electron chi connectivity index (χ1n) is 14.7. The minimum Gasteiger partial charge on any atom is -0.486 e. The lowest BCUT2D eigenvalue weighted by molar-refractivity contribution is -0.138. The predicted molar refractivity (Wildman–Crippen MR) is 202 cm³/mol. The molecule has 0 bridgehead atoms. The van der Waals surface area contributed by atoms with Crippen LogP contribution in [0.3, 0.4) is 0 Å². The SMILES string of the molecule is CCOC(=O)C1=C(c2ccccc2)N=c2s/c(=C\c3cc(Br)c(OCc4ccc(Cl)cc4Cl)c(Br)c3)c(=O)n2[C@H]1c1ccc(SC)cc1. The molecule has 0 aliphatic carbocycles. The zero-order chi connectivity index (χ0) is 33.9. The van der Waals surface area contributed by atoms with Crippen molar-refractivity contribution in [2.75, 3.05) is 12.9 Å². The Labute approximate surface area is 312 Å². The average molecular weight is 845 g/mol. The summed E-state index contributed by atoms with van der Waals surface area (Å²) in [6.45, 7) is 2.18. The summed E-state index contributed by atoms with van der Waals surface area (Å²) in [5, 5.41) is 1.07. The number of thiazole rings is 1. The van der Waals surface area contributed by atoms with E-state index >= 15 is 0 Å². The van der Waals surface area contributed by atoms with Crippen molar-refractivity contribution in [1.29, 1.82) is 0 Å². The topological polar surface area (TPSA) is 69.9 Å². The Morgan fingerprint density at radius 2 is 1.73 bits per heavy atom. The van der Waals surface area contributed by atoms with E-state index in [1.54, 1.807) is 35.4 Å². The van der Waals surface area contributed by atoms with Crippen LogP contribution in [-0.2, 0) is 16.1 Å². The van der Waals surface area contributed by atoms with Crippen LogP contribution in [0.15, 0.2) is 114 Å². The number of carbonyl (C=O) groups excluding carboxylic acids is 1. The minimum absolute atomic E-state index is 0.184. The van der Waals surface area contributed by atoms with Crippen LogP contribution in [0.25, 0.3) is 11.8 Å². The second-order valence-electron chi connectivity index (χ2n) is 10.5. The molecule has 0 spiro atoms. The first-order chi connectivity index (χ1) is 23.2. The number of esters is 1. The monoisotopic (exact) mass is 842 g/mol. The Hall–Kier alpha value is -3.12. The molecule has 4 aromatic carbocycles. The molecule has 1 aliphatic heterocycles. The van der Waals surface area contributed by atoms with Gasteiger partial charge in [0.15, 0.2) is 4.80 Å². The molecular weight excluding hydrogens is 819 g/mol. The van der Waals surface area contributed by atoms with E-state index in [1.165, 1.54) is 11.3 Å². The maximum absolute atomic E-state index is 14.3. The number of aromatic nitrogens is 1. The number of halogens is 4. The highest BCUT2D eigenvalue weighted by Gasteiger charge is 2.35. The third kappa shape index (κ3) is 7.25. The van der Waals surface area contributed by atoms with Gasteiger partial charge in [-0.3, -0.25) is 9.36 Å². The molecule has 244 valence electrons. The molecule has 0 fully saturated rings. The Bertz CT molecular complexity index is 2210. The highest BCUT2D eigenvalue weighted by atomic mass is 79.9. The van der Waals surface area contributed by atoms with Gasteiger partial charge in [0.05, 0.1) is 37.4 Å². The average Bonchev–Trinajstić information content (AvgIpc) is 3.38. The van der Waals surface area contributed by atoms with Gasteiger partial charge in [-0.1, -0.05) is 83.1 Å². The molecule has 6 rings (SSSR count). The normalized spacial score (nSPS) is 14.5. The van der Waals surface area contributed by atoms with E-state index in [2.05, 4.69) is 31.9 Å². The third-order valence-electron chi connectivity index (χ3n) is 7.51. The molecule has 0 saturated heterocycles. The number of rotatable bonds is 9. The van der Waals surface area contributed by atoms with Crippen molar-refractivity contribution < 1.29 is 14.3 Å². The number of carbonyl (C=O) groups is 1. The summed E-state index contributed by atoms with van der Waals surface area (Å²) in [5.41, 5.74) is 3.60. The van der Waals surface area contributed by atoms with Crippen LogP contribution in [0.5, 0.6) is 5.75 Å². The maximum Gasteiger partial charge on any atom is 0.338 e. The first kappa shape index (κ1) is 34.7. The first-order valence-corrected chi connectivity index (χ1v) is 19.0. The van der Waals surface area contributed by atoms with Gasteiger partial charge in [-0.15, -0.1) is 11.8 Å². The van der Waals surface area contributed by atoms with Crippen molar-refractivity contribution in [1.82, 2.24) is 4.57 Å². The molecule has 0 unspecified atom stereocenters. The molecular formula is C36H26Br2Cl2N2O4S2. The van der Waals surface area contributed by atoms with Gasteiger partial charge in [0.1, 0.15) is 12.4 Å². The van der Waals surface area contributed by atoms with Crippen molar-refractivity contribution >= 4 is 95.9 Å². The highest BCUT2D eigenvalue weighted by Crippen LogP contribution is 2.37. The summed E-state index contributed by atoms with van der Waals surface area (Å²) in [6, 6.07) is 25.6. The van der Waals surface area contributed by atoms with Gasteiger partial charge in [0, 0.05) is 26.1 Å². The van der Waals surface area contributed by atoms with E-state index in [1.807, 2.05) is 85.1 Å². The zero-order valence-electron chi connectivity index (χ0n) is 25.5. The summed E-state index contributed by atoms with van der Waals surface area (Å²) in [6.07, 6.45) is 3.81. The molecule has 5 aromatic rings. The second-order valence-corrected chi connectivity index (χ2v) is 15.0. The number of thioether (sulfide) groups is 1. The molecule has 0 N–H and O–H groups in total. The molecule has 48 heavy (non-hydrogen) atoms. The maximum atomic E-state index is 14.3. The number of fused-ring (bicyclic) bond motifs is 1. The Morgan fingerprint density at radius 1 is 1.02 bits per heavy atom. The number of ether oxygens (including phenoxy) is 2. The molecule has 1 aromatic heterocycles. The largest absolute Gasteiger partial charge is 0.486 e. The lowest BCUT2D eigenvalue weighted by Crippen LogP contribution is -2.40. The lowest BCUT2D eigenvalue weighted by atomic mass is 9.93. The van der Waals surface area contributed by atoms with E-state index in [4.69, 9.17) is 37.7 Å². The van der Waals surface area contributed by atoms with Crippen LogP contribution >= 0.6 is 78.2 Å². The van der Waals surface area contributed by atoms with Crippen LogP contribution in [-0.4, -0.2) is 23.4 Å². The zero-order valence-corrected chi connectivity index (χ0v) is 31.8. The molecule has 12 heteroatoms. The van der Waals surface area contributed by atoms with Crippen LogP contribution in [0.4, 0.5) is 0 Å². The van der Waals surface area contributed by atoms with Gasteiger partial charge in [-0.25, -0.2) is 9.79 Å². The van der Waals surface area contributed by atoms with E-state index in [0.29, 0.717) is 45.3 Å². The smallest absolute Gasteiger partial charge is 0.338 e. The van der Waals surface area contributed by atoms with Crippen LogP contribution in [0, 0.1) is 0 Å². The van der Waals surface area contributed by atoms with Crippen molar-refractivity contribution in [2.45, 2.75) is 24.5 Å². The summed E-state index contributed by atoms with van der Waals surface area (Å²) in [5.74, 6) is 0.0663. The molecule has 2 heterocycles. The Kier molecular flexibility index (Phi) is 11.0. The quantitative estimate of drug-likeness (QED) is 0.110. The number of nitrogens with zero attached hydrogens (tertiary/aromatic N) is 2. The fourth-order valence-corrected chi connectivity index (χ4v) is 8.61. The van der Waals surface area contributed by atoms with Crippen molar-refractivity contribution in [2.24, 2.45) is 4.99 Å². The van der Waals surface area contributed by atoms with Gasteiger partial charge in [0.25, 0.3) is 5.56 Å². The van der Waals surface area contributed by atoms with Crippen molar-refractivity contribution in [3.8, 4) is 5.75 Å². The van der Waals surface area contributed by atoms with Crippen molar-refractivity contribution in [3.05, 3.63) is 151 Å². The predicted octanol–water partition coefficient (Wildman–Crippen LogP) is 9.07. The van der Waals surface area contributed by atoms with Gasteiger partial charge >= 0.3 is 5.97 Å². The van der Waals surface area contributed by atoms with Gasteiger partial charge < -0.3 is 9.47 Å². The highest BCUT2D eigenvalue weighted by molar-refractivity contribution is 9.11. The van der Waals surface area contributed by atoms with E-state index in [0.717, 1.165) is 27.1 Å².